The van der Waals surface area contributed by atoms with Crippen LogP contribution in [0.2, 0.25) is 0 Å². The van der Waals surface area contributed by atoms with E-state index in [1.807, 2.05) is 18.2 Å². The predicted octanol–water partition coefficient (Wildman–Crippen LogP) is 3.46. The minimum absolute atomic E-state index is 0.263. The van der Waals surface area contributed by atoms with Gasteiger partial charge in [-0.3, -0.25) is 4.79 Å². The minimum Gasteiger partial charge on any atom is -0.508 e. The molecule has 0 spiro atoms. The molecule has 2 aliphatic rings. The summed E-state index contributed by atoms with van der Waals surface area (Å²) in [6.45, 7) is 0. The second-order valence-electron chi connectivity index (χ2n) is 5.50. The number of ketones is 1. The van der Waals surface area contributed by atoms with Crippen LogP contribution in [0.25, 0.3) is 16.3 Å². The molecule has 1 atom stereocenters. The van der Waals surface area contributed by atoms with Gasteiger partial charge in [0.2, 0.25) is 0 Å². The molecule has 0 unspecified atom stereocenters. The molecule has 2 aromatic carbocycles. The van der Waals surface area contributed by atoms with E-state index in [1.165, 1.54) is 22.1 Å². The van der Waals surface area contributed by atoms with Crippen LogP contribution in [0, 0.1) is 5.92 Å². The predicted molar refractivity (Wildman–Crippen MR) is 75.0 cm³/mol. The average Bonchev–Trinajstić information content (AvgIpc) is 2.78. The Morgan fingerprint density at radius 1 is 1.16 bits per heavy atom. The van der Waals surface area contributed by atoms with Gasteiger partial charge in [0.25, 0.3) is 0 Å². The number of carbonyl (C=O) groups is 1. The van der Waals surface area contributed by atoms with Crippen molar-refractivity contribution in [3.8, 4) is 5.75 Å². The van der Waals surface area contributed by atoms with Crippen molar-refractivity contribution in [2.24, 2.45) is 5.92 Å². The van der Waals surface area contributed by atoms with Crippen molar-refractivity contribution >= 4 is 22.1 Å². The fraction of sp³-hybridized carbons (Fsp3) is 0.235. The number of fused-ring (bicyclic) bond motifs is 5. The van der Waals surface area contributed by atoms with Crippen LogP contribution in [0.15, 0.2) is 36.4 Å². The zero-order chi connectivity index (χ0) is 13.0. The molecule has 19 heavy (non-hydrogen) atoms. The molecular weight excluding hydrogens is 236 g/mol. The van der Waals surface area contributed by atoms with Crippen LogP contribution in [0.1, 0.15) is 24.0 Å². The van der Waals surface area contributed by atoms with Crippen LogP contribution in [0.4, 0.5) is 0 Å². The highest BCUT2D eigenvalue weighted by molar-refractivity contribution is 6.05. The molecule has 0 saturated carbocycles. The number of rotatable bonds is 0. The van der Waals surface area contributed by atoms with Crippen molar-refractivity contribution < 1.29 is 9.90 Å². The lowest BCUT2D eigenvalue weighted by Crippen LogP contribution is -2.11. The molecule has 4 rings (SSSR count). The molecule has 0 amide bonds. The Hall–Kier alpha value is -2.09. The zero-order valence-electron chi connectivity index (χ0n) is 10.5. The largest absolute Gasteiger partial charge is 0.508 e. The number of aryl methyl sites for hydroxylation is 1. The lowest BCUT2D eigenvalue weighted by atomic mass is 9.79. The number of benzene rings is 2. The summed E-state index contributed by atoms with van der Waals surface area (Å²) in [7, 11) is 0. The van der Waals surface area contributed by atoms with Gasteiger partial charge in [-0.2, -0.15) is 0 Å². The second kappa shape index (κ2) is 3.70. The first kappa shape index (κ1) is 10.8. The van der Waals surface area contributed by atoms with E-state index in [1.54, 1.807) is 12.1 Å². The molecular formula is C17H14O2. The van der Waals surface area contributed by atoms with E-state index in [9.17, 15) is 9.90 Å². The topological polar surface area (TPSA) is 37.3 Å². The first-order valence-electron chi connectivity index (χ1n) is 6.72. The molecule has 1 N–H and O–H groups in total. The van der Waals surface area contributed by atoms with Crippen LogP contribution in [-0.2, 0) is 11.2 Å². The standard InChI is InChI=1S/C17H14O2/c18-12-3-6-14-10(7-12)1-5-16-15(14)4-2-11-8-13(19)9-17(11)16/h1,3,5-7,9,11,18H,2,4,8H2/t11-/m0/s1. The third-order valence-corrected chi connectivity index (χ3v) is 4.37. The molecule has 0 aliphatic heterocycles. The van der Waals surface area contributed by atoms with Gasteiger partial charge >= 0.3 is 0 Å². The van der Waals surface area contributed by atoms with Crippen molar-refractivity contribution in [2.45, 2.75) is 19.3 Å². The highest BCUT2D eigenvalue weighted by Crippen LogP contribution is 2.43. The van der Waals surface area contributed by atoms with E-state index in [-0.39, 0.29) is 5.78 Å². The van der Waals surface area contributed by atoms with E-state index in [2.05, 4.69) is 6.07 Å². The summed E-state index contributed by atoms with van der Waals surface area (Å²) < 4.78 is 0. The molecule has 94 valence electrons. The highest BCUT2D eigenvalue weighted by atomic mass is 16.3. The van der Waals surface area contributed by atoms with Crippen molar-refractivity contribution in [1.82, 2.24) is 0 Å². The summed E-state index contributed by atoms with van der Waals surface area (Å²) in [5.41, 5.74) is 3.79. The Morgan fingerprint density at radius 2 is 2.05 bits per heavy atom. The normalized spacial score (nSPS) is 21.2. The van der Waals surface area contributed by atoms with E-state index in [0.717, 1.165) is 18.2 Å². The third-order valence-electron chi connectivity index (χ3n) is 4.37. The molecule has 0 radical (unpaired) electrons. The fourth-order valence-electron chi connectivity index (χ4n) is 3.50. The Morgan fingerprint density at radius 3 is 2.95 bits per heavy atom. The van der Waals surface area contributed by atoms with Crippen molar-refractivity contribution in [3.63, 3.8) is 0 Å². The molecule has 2 nitrogen and oxygen atoms in total. The summed E-state index contributed by atoms with van der Waals surface area (Å²) in [6, 6.07) is 9.67. The number of phenolic OH excluding ortho intramolecular Hbond substituents is 1. The summed E-state index contributed by atoms with van der Waals surface area (Å²) >= 11 is 0. The van der Waals surface area contributed by atoms with Crippen LogP contribution in [-0.4, -0.2) is 10.9 Å². The lowest BCUT2D eigenvalue weighted by molar-refractivity contribution is -0.114. The van der Waals surface area contributed by atoms with Crippen molar-refractivity contribution in [2.75, 3.05) is 0 Å². The Bertz CT molecular complexity index is 740. The van der Waals surface area contributed by atoms with E-state index in [4.69, 9.17) is 0 Å². The van der Waals surface area contributed by atoms with E-state index in [0.29, 0.717) is 18.1 Å². The maximum atomic E-state index is 11.6. The molecule has 2 heteroatoms. The minimum atomic E-state index is 0.263. The van der Waals surface area contributed by atoms with Crippen LogP contribution in [0.5, 0.6) is 5.75 Å². The molecule has 2 aliphatic carbocycles. The monoisotopic (exact) mass is 250 g/mol. The van der Waals surface area contributed by atoms with Crippen LogP contribution >= 0.6 is 0 Å². The van der Waals surface area contributed by atoms with Crippen molar-refractivity contribution in [1.29, 1.82) is 0 Å². The van der Waals surface area contributed by atoms with Gasteiger partial charge in [-0.05, 0) is 64.4 Å². The first-order valence-corrected chi connectivity index (χ1v) is 6.72. The number of hydrogen-bond donors (Lipinski definition) is 1. The van der Waals surface area contributed by atoms with Gasteiger partial charge in [-0.1, -0.05) is 18.2 Å². The number of carbonyl (C=O) groups excluding carboxylic acids is 1. The van der Waals surface area contributed by atoms with Gasteiger partial charge < -0.3 is 5.11 Å². The molecule has 0 aromatic heterocycles. The molecule has 0 bridgehead atoms. The summed E-state index contributed by atoms with van der Waals surface area (Å²) in [4.78, 5) is 11.6. The molecule has 0 fully saturated rings. The van der Waals surface area contributed by atoms with Crippen molar-refractivity contribution in [3.05, 3.63) is 47.5 Å². The maximum absolute atomic E-state index is 11.6. The first-order chi connectivity index (χ1) is 9.22. The number of hydrogen-bond acceptors (Lipinski definition) is 2. The van der Waals surface area contributed by atoms with Gasteiger partial charge in [0.05, 0.1) is 0 Å². The zero-order valence-corrected chi connectivity index (χ0v) is 10.5. The smallest absolute Gasteiger partial charge is 0.156 e. The average molecular weight is 250 g/mol. The van der Waals surface area contributed by atoms with Gasteiger partial charge in [-0.25, -0.2) is 0 Å². The quantitative estimate of drug-likeness (QED) is 0.777. The van der Waals surface area contributed by atoms with Crippen LogP contribution < -0.4 is 0 Å². The lowest BCUT2D eigenvalue weighted by Gasteiger charge is -2.25. The Balaban J connectivity index is 2.00. The number of allylic oxidation sites excluding steroid dienone is 2. The van der Waals surface area contributed by atoms with E-state index < -0.39 is 0 Å². The molecule has 0 saturated heterocycles. The summed E-state index contributed by atoms with van der Waals surface area (Å²) in [6.07, 6.45) is 4.59. The van der Waals surface area contributed by atoms with Gasteiger partial charge in [0.1, 0.15) is 5.75 Å². The second-order valence-corrected chi connectivity index (χ2v) is 5.50. The fourth-order valence-corrected chi connectivity index (χ4v) is 3.50. The van der Waals surface area contributed by atoms with E-state index >= 15 is 0 Å². The Labute approximate surface area is 111 Å². The Kier molecular flexibility index (Phi) is 2.10. The molecule has 2 aromatic rings. The highest BCUT2D eigenvalue weighted by Gasteiger charge is 2.31. The van der Waals surface area contributed by atoms with Gasteiger partial charge in [0.15, 0.2) is 5.78 Å². The van der Waals surface area contributed by atoms with Crippen LogP contribution in [0.3, 0.4) is 0 Å². The van der Waals surface area contributed by atoms with Gasteiger partial charge in [0, 0.05) is 6.42 Å². The SMILES string of the molecule is O=C1C=C2c3ccc4cc(O)ccc4c3CC[C@H]2C1. The third kappa shape index (κ3) is 1.53. The summed E-state index contributed by atoms with van der Waals surface area (Å²) in [5.74, 6) is 0.990. The number of phenols is 1. The summed E-state index contributed by atoms with van der Waals surface area (Å²) in [5, 5.41) is 11.8. The maximum Gasteiger partial charge on any atom is 0.156 e. The van der Waals surface area contributed by atoms with Gasteiger partial charge in [-0.15, -0.1) is 0 Å². The molecule has 0 heterocycles. The number of aromatic hydroxyl groups is 1.